The number of carbonyl (C=O) groups excluding carboxylic acids is 1. The van der Waals surface area contributed by atoms with Crippen molar-refractivity contribution in [3.63, 3.8) is 0 Å². The summed E-state index contributed by atoms with van der Waals surface area (Å²) in [6.45, 7) is -0.230. The molecule has 0 N–H and O–H groups in total. The fourth-order valence-corrected chi connectivity index (χ4v) is 5.68. The Kier molecular flexibility index (Phi) is 12.0. The third-order valence-corrected chi connectivity index (χ3v) is 8.26. The zero-order valence-corrected chi connectivity index (χ0v) is 28.8. The van der Waals surface area contributed by atoms with Crippen LogP contribution in [-0.2, 0) is 28.5 Å². The number of methoxy groups -OCH3 is 7. The highest BCUT2D eigenvalue weighted by molar-refractivity contribution is 5.89. The molecular formula is C37H40O13. The van der Waals surface area contributed by atoms with Gasteiger partial charge in [-0.1, -0.05) is 12.1 Å². The van der Waals surface area contributed by atoms with E-state index in [1.807, 2.05) is 0 Å². The van der Waals surface area contributed by atoms with Gasteiger partial charge < -0.3 is 51.8 Å². The van der Waals surface area contributed by atoms with Crippen molar-refractivity contribution >= 4 is 23.0 Å². The Hall–Kier alpha value is -5.08. The summed E-state index contributed by atoms with van der Waals surface area (Å²) < 4.78 is 63.4. The lowest BCUT2D eigenvalue weighted by Crippen LogP contribution is -2.62. The quantitative estimate of drug-likeness (QED) is 0.131. The molecule has 5 atom stereocenters. The predicted molar refractivity (Wildman–Crippen MR) is 182 cm³/mol. The third-order valence-electron chi connectivity index (χ3n) is 8.26. The van der Waals surface area contributed by atoms with Crippen LogP contribution in [0.15, 0.2) is 76.0 Å². The lowest BCUT2D eigenvalue weighted by molar-refractivity contribution is -0.292. The van der Waals surface area contributed by atoms with Gasteiger partial charge in [-0.2, -0.15) is 0 Å². The van der Waals surface area contributed by atoms with Gasteiger partial charge in [0, 0.05) is 45.1 Å². The van der Waals surface area contributed by atoms with Crippen LogP contribution < -0.4 is 29.1 Å². The standard InChI is InChI=1S/C37H40O13/c1-40-23-13-8-21(9-14-23)10-17-29(38)47-20-28-33(44-5)35(45-6)36(46-7)37(49-28)50-34-31(39)30-26(43-4)18-25(42-3)19-27(30)48-32(34)22-11-15-24(41-2)16-12-22/h8-19,28,33,35-37H,20H2,1-7H3/b17-10+/t28?,33-,35?,36?,37-/m0/s1. The second-order valence-electron chi connectivity index (χ2n) is 11.0. The van der Waals surface area contributed by atoms with E-state index in [1.165, 1.54) is 41.6 Å². The van der Waals surface area contributed by atoms with Gasteiger partial charge in [0.15, 0.2) is 5.76 Å². The number of fused-ring (bicyclic) bond motifs is 1. The summed E-state index contributed by atoms with van der Waals surface area (Å²) in [4.78, 5) is 27.1. The van der Waals surface area contributed by atoms with Gasteiger partial charge in [0.1, 0.15) is 65.0 Å². The van der Waals surface area contributed by atoms with Crippen molar-refractivity contribution in [2.75, 3.05) is 56.4 Å². The number of carbonyl (C=O) groups is 1. The minimum atomic E-state index is -1.25. The molecule has 1 saturated heterocycles. The van der Waals surface area contributed by atoms with Gasteiger partial charge in [0.05, 0.1) is 28.4 Å². The Labute approximate surface area is 289 Å². The molecule has 1 fully saturated rings. The van der Waals surface area contributed by atoms with E-state index in [-0.39, 0.29) is 34.8 Å². The van der Waals surface area contributed by atoms with Gasteiger partial charge in [-0.15, -0.1) is 0 Å². The van der Waals surface area contributed by atoms with Crippen molar-refractivity contribution < 1.29 is 56.6 Å². The molecule has 5 rings (SSSR count). The molecule has 0 bridgehead atoms. The maximum absolute atomic E-state index is 14.3. The third kappa shape index (κ3) is 7.71. The molecule has 4 aromatic rings. The lowest BCUT2D eigenvalue weighted by atomic mass is 9.98. The summed E-state index contributed by atoms with van der Waals surface area (Å²) in [6, 6.07) is 17.2. The van der Waals surface area contributed by atoms with Crippen LogP contribution in [-0.4, -0.2) is 93.1 Å². The van der Waals surface area contributed by atoms with E-state index in [2.05, 4.69) is 0 Å². The molecule has 3 unspecified atom stereocenters. The first-order valence-electron chi connectivity index (χ1n) is 15.6. The molecule has 1 aliphatic heterocycles. The first-order chi connectivity index (χ1) is 24.3. The fourth-order valence-electron chi connectivity index (χ4n) is 5.68. The van der Waals surface area contributed by atoms with E-state index in [1.54, 1.807) is 81.0 Å². The summed E-state index contributed by atoms with van der Waals surface area (Å²) >= 11 is 0. The van der Waals surface area contributed by atoms with Crippen LogP contribution in [0.2, 0.25) is 0 Å². The average Bonchev–Trinajstić information content (AvgIpc) is 3.16. The Morgan fingerprint density at radius 2 is 1.36 bits per heavy atom. The Balaban J connectivity index is 1.50. The Bertz CT molecular complexity index is 1830. The minimum absolute atomic E-state index is 0.105. The van der Waals surface area contributed by atoms with Crippen molar-refractivity contribution in [1.82, 2.24) is 0 Å². The van der Waals surface area contributed by atoms with Crippen molar-refractivity contribution in [2.45, 2.75) is 30.7 Å². The second-order valence-corrected chi connectivity index (χ2v) is 11.0. The van der Waals surface area contributed by atoms with Crippen molar-refractivity contribution in [3.8, 4) is 40.1 Å². The topological polar surface area (TPSA) is 140 Å². The van der Waals surface area contributed by atoms with Crippen LogP contribution in [0, 0.1) is 0 Å². The van der Waals surface area contributed by atoms with Gasteiger partial charge in [0.2, 0.25) is 17.5 Å². The SMILES string of the molecule is COc1ccc(/C=C/C(=O)OCC2O[C@@H](Oc3c(-c4ccc(OC)cc4)oc4cc(OC)cc(OC)c4c3=O)C(OC)C(OC)[C@H]2OC)cc1. The van der Waals surface area contributed by atoms with E-state index in [4.69, 9.17) is 51.8 Å². The predicted octanol–water partition coefficient (Wildman–Crippen LogP) is 4.90. The largest absolute Gasteiger partial charge is 0.497 e. The maximum Gasteiger partial charge on any atom is 0.330 e. The number of hydrogen-bond donors (Lipinski definition) is 0. The van der Waals surface area contributed by atoms with Gasteiger partial charge >= 0.3 is 5.97 Å². The lowest BCUT2D eigenvalue weighted by Gasteiger charge is -2.44. The van der Waals surface area contributed by atoms with Crippen LogP contribution in [0.25, 0.3) is 28.4 Å². The molecule has 13 nitrogen and oxygen atoms in total. The fraction of sp³-hybridized carbons (Fsp3) is 0.351. The number of ether oxygens (including phenoxy) is 10. The molecule has 3 aromatic carbocycles. The molecule has 0 saturated carbocycles. The first-order valence-corrected chi connectivity index (χ1v) is 15.6. The number of hydrogen-bond acceptors (Lipinski definition) is 13. The molecule has 0 aliphatic carbocycles. The van der Waals surface area contributed by atoms with E-state index < -0.39 is 42.1 Å². The molecule has 0 spiro atoms. The van der Waals surface area contributed by atoms with Crippen LogP contribution in [0.1, 0.15) is 5.56 Å². The second kappa shape index (κ2) is 16.5. The van der Waals surface area contributed by atoms with Crippen molar-refractivity contribution in [2.24, 2.45) is 0 Å². The Morgan fingerprint density at radius 1 is 0.740 bits per heavy atom. The number of rotatable bonds is 14. The summed E-state index contributed by atoms with van der Waals surface area (Å²) in [5.41, 5.74) is 0.959. The monoisotopic (exact) mass is 692 g/mol. The van der Waals surface area contributed by atoms with Crippen LogP contribution in [0.4, 0.5) is 0 Å². The molecule has 2 heterocycles. The first kappa shape index (κ1) is 36.2. The van der Waals surface area contributed by atoms with Crippen LogP contribution >= 0.6 is 0 Å². The van der Waals surface area contributed by atoms with Gasteiger partial charge in [-0.25, -0.2) is 4.79 Å². The summed E-state index contributed by atoms with van der Waals surface area (Å²) in [7, 11) is 10.5. The average molecular weight is 693 g/mol. The van der Waals surface area contributed by atoms with E-state index in [0.717, 1.165) is 5.56 Å². The molecule has 1 aliphatic rings. The number of esters is 1. The molecule has 0 amide bonds. The van der Waals surface area contributed by atoms with Gasteiger partial charge in [-0.3, -0.25) is 4.79 Å². The molecule has 50 heavy (non-hydrogen) atoms. The maximum atomic E-state index is 14.3. The zero-order valence-electron chi connectivity index (χ0n) is 28.8. The van der Waals surface area contributed by atoms with E-state index in [0.29, 0.717) is 22.8 Å². The molecule has 13 heteroatoms. The smallest absolute Gasteiger partial charge is 0.330 e. The molecule has 1 aromatic heterocycles. The van der Waals surface area contributed by atoms with Gasteiger partial charge in [-0.05, 0) is 48.0 Å². The minimum Gasteiger partial charge on any atom is -0.497 e. The van der Waals surface area contributed by atoms with Gasteiger partial charge in [0.25, 0.3) is 0 Å². The highest BCUT2D eigenvalue weighted by atomic mass is 16.7. The number of benzene rings is 3. The summed E-state index contributed by atoms with van der Waals surface area (Å²) in [5, 5.41) is 0.123. The molecular weight excluding hydrogens is 652 g/mol. The molecule has 266 valence electrons. The van der Waals surface area contributed by atoms with Crippen LogP contribution in [0.3, 0.4) is 0 Å². The summed E-state index contributed by atoms with van der Waals surface area (Å²) in [6.07, 6.45) is -1.64. The van der Waals surface area contributed by atoms with Crippen molar-refractivity contribution in [3.05, 3.63) is 82.5 Å². The zero-order chi connectivity index (χ0) is 35.8. The van der Waals surface area contributed by atoms with E-state index in [9.17, 15) is 9.59 Å². The van der Waals surface area contributed by atoms with E-state index >= 15 is 0 Å². The highest BCUT2D eigenvalue weighted by Crippen LogP contribution is 2.38. The van der Waals surface area contributed by atoms with Crippen LogP contribution in [0.5, 0.6) is 28.7 Å². The summed E-state index contributed by atoms with van der Waals surface area (Å²) in [5.74, 6) is 1.25. The normalized spacial score (nSPS) is 20.4. The molecule has 0 radical (unpaired) electrons. The highest BCUT2D eigenvalue weighted by Gasteiger charge is 2.49. The van der Waals surface area contributed by atoms with Crippen molar-refractivity contribution in [1.29, 1.82) is 0 Å². The Morgan fingerprint density at radius 3 is 1.94 bits per heavy atom.